The Kier molecular flexibility index (Phi) is 6.81. The molecule has 1 saturated heterocycles. The minimum Gasteiger partial charge on any atom is -0.755 e. The third-order valence-corrected chi connectivity index (χ3v) is 7.62. The van der Waals surface area contributed by atoms with E-state index >= 15 is 0 Å². The first-order valence-electron chi connectivity index (χ1n) is 12.0. The van der Waals surface area contributed by atoms with E-state index in [9.17, 15) is 17.9 Å². The number of fused-ring (bicyclic) bond motifs is 2. The first-order chi connectivity index (χ1) is 16.5. The van der Waals surface area contributed by atoms with Crippen molar-refractivity contribution in [3.8, 4) is 0 Å². The van der Waals surface area contributed by atoms with Gasteiger partial charge in [-0.2, -0.15) is 0 Å². The lowest BCUT2D eigenvalue weighted by molar-refractivity contribution is -0.113. The highest BCUT2D eigenvalue weighted by Gasteiger charge is 2.33. The Balaban J connectivity index is 1.43. The molecule has 0 saturated carbocycles. The Morgan fingerprint density at radius 2 is 1.76 bits per heavy atom. The largest absolute Gasteiger partial charge is 0.755 e. The first-order valence-corrected chi connectivity index (χ1v) is 13.1. The SMILES string of the molecule is O=C(Nc1c2c(cc3c1CCC3)CCC2)C(=CNS(=O)[O-])C1CCCN1Cc1ccc(F)cc1. The second-order valence-electron chi connectivity index (χ2n) is 9.40. The number of nitrogens with one attached hydrogen (secondary N) is 2. The molecule has 0 radical (unpaired) electrons. The summed E-state index contributed by atoms with van der Waals surface area (Å²) in [6, 6.07) is 8.45. The molecule has 2 N–H and O–H groups in total. The number of halogens is 1. The zero-order valence-electron chi connectivity index (χ0n) is 19.1. The van der Waals surface area contributed by atoms with Crippen LogP contribution in [0.15, 0.2) is 42.1 Å². The number of aryl methyl sites for hydroxylation is 2. The van der Waals surface area contributed by atoms with Gasteiger partial charge in [0.05, 0.1) is 5.57 Å². The van der Waals surface area contributed by atoms with Crippen LogP contribution in [-0.2, 0) is 48.3 Å². The van der Waals surface area contributed by atoms with Crippen molar-refractivity contribution in [1.29, 1.82) is 0 Å². The van der Waals surface area contributed by atoms with Gasteiger partial charge in [-0.3, -0.25) is 13.9 Å². The van der Waals surface area contributed by atoms with Crippen LogP contribution in [0, 0.1) is 5.82 Å². The van der Waals surface area contributed by atoms with Gasteiger partial charge in [-0.05, 0) is 97.9 Å². The van der Waals surface area contributed by atoms with E-state index in [1.807, 2.05) is 0 Å². The number of likely N-dealkylation sites (tertiary alicyclic amines) is 1. The molecule has 1 aliphatic heterocycles. The van der Waals surface area contributed by atoms with Gasteiger partial charge in [-0.25, -0.2) is 4.39 Å². The van der Waals surface area contributed by atoms with Gasteiger partial charge in [0.2, 0.25) is 0 Å². The van der Waals surface area contributed by atoms with Crippen LogP contribution in [0.4, 0.5) is 10.1 Å². The maximum Gasteiger partial charge on any atom is 0.254 e. The van der Waals surface area contributed by atoms with Crippen molar-refractivity contribution < 1.29 is 17.9 Å². The fourth-order valence-corrected chi connectivity index (χ4v) is 5.99. The van der Waals surface area contributed by atoms with Crippen molar-refractivity contribution >= 4 is 22.9 Å². The van der Waals surface area contributed by atoms with Gasteiger partial charge >= 0.3 is 0 Å². The van der Waals surface area contributed by atoms with Crippen molar-refractivity contribution in [3.63, 3.8) is 0 Å². The molecule has 6 nitrogen and oxygen atoms in total. The van der Waals surface area contributed by atoms with Crippen molar-refractivity contribution in [2.75, 3.05) is 11.9 Å². The van der Waals surface area contributed by atoms with Gasteiger partial charge < -0.3 is 14.6 Å². The number of hydrogen-bond acceptors (Lipinski definition) is 4. The summed E-state index contributed by atoms with van der Waals surface area (Å²) in [7, 11) is 0. The van der Waals surface area contributed by atoms with Gasteiger partial charge in [-0.15, -0.1) is 0 Å². The van der Waals surface area contributed by atoms with Gasteiger partial charge in [0.15, 0.2) is 0 Å². The zero-order valence-corrected chi connectivity index (χ0v) is 19.9. The van der Waals surface area contributed by atoms with E-state index in [-0.39, 0.29) is 17.8 Å². The fraction of sp³-hybridized carbons (Fsp3) is 0.423. The summed E-state index contributed by atoms with van der Waals surface area (Å²) in [4.78, 5) is 15.8. The molecule has 2 aliphatic carbocycles. The molecule has 34 heavy (non-hydrogen) atoms. The second kappa shape index (κ2) is 9.98. The number of amides is 1. The highest BCUT2D eigenvalue weighted by atomic mass is 32.2. The molecule has 1 heterocycles. The third kappa shape index (κ3) is 4.80. The fourth-order valence-electron chi connectivity index (χ4n) is 5.77. The number of carbonyl (C=O) groups excluding carboxylic acids is 1. The van der Waals surface area contributed by atoms with Crippen LogP contribution < -0.4 is 10.0 Å². The van der Waals surface area contributed by atoms with Crippen LogP contribution in [0.5, 0.6) is 0 Å². The van der Waals surface area contributed by atoms with E-state index < -0.39 is 11.3 Å². The monoisotopic (exact) mass is 482 g/mol. The number of nitrogens with zero attached hydrogens (tertiary/aromatic N) is 1. The Bertz CT molecular complexity index is 1120. The predicted molar refractivity (Wildman–Crippen MR) is 129 cm³/mol. The summed E-state index contributed by atoms with van der Waals surface area (Å²) < 4.78 is 38.2. The lowest BCUT2D eigenvalue weighted by Gasteiger charge is -2.27. The molecule has 2 unspecified atom stereocenters. The number of carbonyl (C=O) groups is 1. The standard InChI is InChI=1S/C26H30FN3O3S/c27-20-11-9-17(10-12-20)16-30-13-3-8-24(30)23(15-28-34(32)33)26(31)29-25-21-6-1-4-18(21)14-19-5-2-7-22(19)25/h9-12,14-15,24,28H,1-8,13,16H2,(H,29,31)(H,32,33)/p-1. The predicted octanol–water partition coefficient (Wildman–Crippen LogP) is 3.67. The van der Waals surface area contributed by atoms with E-state index in [0.29, 0.717) is 12.1 Å². The van der Waals surface area contributed by atoms with Crippen LogP contribution in [0.2, 0.25) is 0 Å². The molecule has 0 aromatic heterocycles. The molecule has 2 aromatic carbocycles. The molecule has 8 heteroatoms. The molecule has 1 fully saturated rings. The minimum absolute atomic E-state index is 0.231. The molecule has 0 spiro atoms. The molecule has 2 atom stereocenters. The van der Waals surface area contributed by atoms with Crippen LogP contribution in [0.1, 0.15) is 53.5 Å². The topological polar surface area (TPSA) is 84.5 Å². The molecule has 1 amide bonds. The lowest BCUT2D eigenvalue weighted by Crippen LogP contribution is -2.36. The summed E-state index contributed by atoms with van der Waals surface area (Å²) in [6.45, 7) is 1.34. The average molecular weight is 483 g/mol. The highest BCUT2D eigenvalue weighted by Crippen LogP contribution is 2.39. The molecule has 180 valence electrons. The Labute approximate surface area is 202 Å². The van der Waals surface area contributed by atoms with E-state index in [0.717, 1.165) is 69.2 Å². The number of benzene rings is 2. The summed E-state index contributed by atoms with van der Waals surface area (Å²) in [5, 5.41) is 3.21. The quantitative estimate of drug-likeness (QED) is 0.466. The molecule has 5 rings (SSSR count). The van der Waals surface area contributed by atoms with Gasteiger partial charge in [0.1, 0.15) is 5.82 Å². The van der Waals surface area contributed by atoms with Crippen molar-refractivity contribution in [1.82, 2.24) is 9.62 Å². The van der Waals surface area contributed by atoms with Crippen LogP contribution in [0.25, 0.3) is 0 Å². The van der Waals surface area contributed by atoms with Crippen LogP contribution in [-0.4, -0.2) is 32.2 Å². The van der Waals surface area contributed by atoms with E-state index in [2.05, 4.69) is 21.0 Å². The highest BCUT2D eigenvalue weighted by molar-refractivity contribution is 7.77. The summed E-state index contributed by atoms with van der Waals surface area (Å²) in [5.41, 5.74) is 7.45. The normalized spacial score (nSPS) is 20.8. The Hall–Kier alpha value is -2.55. The van der Waals surface area contributed by atoms with Gasteiger partial charge in [-0.1, -0.05) is 18.2 Å². The van der Waals surface area contributed by atoms with E-state index in [1.165, 1.54) is 40.6 Å². The van der Waals surface area contributed by atoms with Crippen molar-refractivity contribution in [2.45, 2.75) is 64.0 Å². The molecule has 2 aromatic rings. The summed E-state index contributed by atoms with van der Waals surface area (Å²) >= 11 is -2.52. The maximum atomic E-state index is 13.7. The van der Waals surface area contributed by atoms with Gasteiger partial charge in [0.25, 0.3) is 5.91 Å². The van der Waals surface area contributed by atoms with E-state index in [1.54, 1.807) is 12.1 Å². The molecule has 3 aliphatic rings. The third-order valence-electron chi connectivity index (χ3n) is 7.31. The Morgan fingerprint density at radius 1 is 1.09 bits per heavy atom. The van der Waals surface area contributed by atoms with E-state index in [4.69, 9.17) is 0 Å². The number of rotatable bonds is 7. The zero-order chi connectivity index (χ0) is 23.7. The van der Waals surface area contributed by atoms with Gasteiger partial charge in [0, 0.05) is 35.7 Å². The Morgan fingerprint density at radius 3 is 2.41 bits per heavy atom. The molecular weight excluding hydrogens is 453 g/mol. The summed E-state index contributed by atoms with van der Waals surface area (Å²) in [6.07, 6.45) is 9.16. The number of hydrogen-bond donors (Lipinski definition) is 2. The molecule has 0 bridgehead atoms. The van der Waals surface area contributed by atoms with Crippen molar-refractivity contribution in [2.24, 2.45) is 0 Å². The van der Waals surface area contributed by atoms with Crippen LogP contribution in [0.3, 0.4) is 0 Å². The average Bonchev–Trinajstić information content (AvgIpc) is 3.56. The van der Waals surface area contributed by atoms with Crippen LogP contribution >= 0.6 is 0 Å². The van der Waals surface area contributed by atoms with Crippen molar-refractivity contribution in [3.05, 3.63) is 75.7 Å². The first kappa shape index (κ1) is 23.2. The maximum absolute atomic E-state index is 13.7. The number of anilines is 1. The minimum atomic E-state index is -2.52. The molecular formula is C26H29FN3O3S-. The smallest absolute Gasteiger partial charge is 0.254 e. The lowest BCUT2D eigenvalue weighted by atomic mass is 9.97. The second-order valence-corrected chi connectivity index (χ2v) is 10.1. The summed E-state index contributed by atoms with van der Waals surface area (Å²) in [5.74, 6) is -0.546.